The van der Waals surface area contributed by atoms with E-state index in [0.717, 1.165) is 16.5 Å². The van der Waals surface area contributed by atoms with E-state index in [2.05, 4.69) is 4.98 Å². The van der Waals surface area contributed by atoms with Crippen LogP contribution in [0.3, 0.4) is 0 Å². The third-order valence-corrected chi connectivity index (χ3v) is 3.56. The summed E-state index contributed by atoms with van der Waals surface area (Å²) in [5.41, 5.74) is 3.08. The summed E-state index contributed by atoms with van der Waals surface area (Å²) in [5, 5.41) is 1.63. The minimum atomic E-state index is -0.00315. The summed E-state index contributed by atoms with van der Waals surface area (Å²) in [7, 11) is 0. The van der Waals surface area contributed by atoms with Gasteiger partial charge in [-0.05, 0) is 18.2 Å². The van der Waals surface area contributed by atoms with Crippen LogP contribution in [0.15, 0.2) is 70.2 Å². The smallest absolute Gasteiger partial charge is 0.200 e. The fourth-order valence-electron chi connectivity index (χ4n) is 2.56. The maximum absolute atomic E-state index is 12.6. The third-order valence-electron chi connectivity index (χ3n) is 3.56. The van der Waals surface area contributed by atoms with Gasteiger partial charge in [0, 0.05) is 22.7 Å². The van der Waals surface area contributed by atoms with E-state index in [4.69, 9.17) is 4.42 Å². The fourth-order valence-corrected chi connectivity index (χ4v) is 2.56. The van der Waals surface area contributed by atoms with E-state index in [0.29, 0.717) is 16.5 Å². The minimum absolute atomic E-state index is 0.00315. The second kappa shape index (κ2) is 4.10. The lowest BCUT2D eigenvalue weighted by Crippen LogP contribution is -2.04. The number of H-pyrrole nitrogens is 1. The number of aromatic nitrogens is 1. The summed E-state index contributed by atoms with van der Waals surface area (Å²) in [6, 6.07) is 15.2. The van der Waals surface area contributed by atoms with Crippen LogP contribution in [0.1, 0.15) is 0 Å². The number of fused-ring (bicyclic) bond motifs is 2. The molecule has 0 aliphatic heterocycles. The zero-order valence-electron chi connectivity index (χ0n) is 10.6. The van der Waals surface area contributed by atoms with Crippen LogP contribution in [0.2, 0.25) is 0 Å². The molecule has 20 heavy (non-hydrogen) atoms. The van der Waals surface area contributed by atoms with Crippen molar-refractivity contribution >= 4 is 21.9 Å². The molecule has 0 atom stereocenters. The third kappa shape index (κ3) is 1.50. The SMILES string of the molecule is O=c1c(-c2c[nH]c3ccccc23)coc2ccccc12. The highest BCUT2D eigenvalue weighted by atomic mass is 16.3. The van der Waals surface area contributed by atoms with Gasteiger partial charge in [0.2, 0.25) is 5.43 Å². The summed E-state index contributed by atoms with van der Waals surface area (Å²) >= 11 is 0. The van der Waals surface area contributed by atoms with Gasteiger partial charge in [0.1, 0.15) is 11.8 Å². The van der Waals surface area contributed by atoms with E-state index in [1.807, 2.05) is 42.6 Å². The minimum Gasteiger partial charge on any atom is -0.463 e. The molecule has 2 aromatic carbocycles. The number of rotatable bonds is 1. The Morgan fingerprint density at radius 2 is 1.60 bits per heavy atom. The Morgan fingerprint density at radius 3 is 2.50 bits per heavy atom. The van der Waals surface area contributed by atoms with Gasteiger partial charge >= 0.3 is 0 Å². The van der Waals surface area contributed by atoms with E-state index in [-0.39, 0.29) is 5.43 Å². The number of para-hydroxylation sites is 2. The average molecular weight is 261 g/mol. The monoisotopic (exact) mass is 261 g/mol. The number of benzene rings is 2. The van der Waals surface area contributed by atoms with Crippen molar-refractivity contribution in [3.8, 4) is 11.1 Å². The van der Waals surface area contributed by atoms with Crippen LogP contribution >= 0.6 is 0 Å². The molecule has 0 saturated heterocycles. The molecular weight excluding hydrogens is 250 g/mol. The van der Waals surface area contributed by atoms with E-state index >= 15 is 0 Å². The molecule has 0 aliphatic rings. The van der Waals surface area contributed by atoms with E-state index in [1.54, 1.807) is 18.4 Å². The van der Waals surface area contributed by atoms with Crippen LogP contribution in [-0.4, -0.2) is 4.98 Å². The van der Waals surface area contributed by atoms with Gasteiger partial charge in [0.25, 0.3) is 0 Å². The van der Waals surface area contributed by atoms with E-state index in [1.165, 1.54) is 0 Å². The van der Waals surface area contributed by atoms with Crippen molar-refractivity contribution in [2.45, 2.75) is 0 Å². The molecule has 0 aliphatic carbocycles. The average Bonchev–Trinajstić information content (AvgIpc) is 2.92. The van der Waals surface area contributed by atoms with Crippen molar-refractivity contribution < 1.29 is 4.42 Å². The standard InChI is InChI=1S/C17H11NO2/c19-17-12-6-2-4-8-16(12)20-10-14(17)13-9-18-15-7-3-1-5-11(13)15/h1-10,18H. The lowest BCUT2D eigenvalue weighted by atomic mass is 10.0. The van der Waals surface area contributed by atoms with Crippen LogP contribution in [0.5, 0.6) is 0 Å². The van der Waals surface area contributed by atoms with Crippen molar-refractivity contribution in [3.63, 3.8) is 0 Å². The number of hydrogen-bond acceptors (Lipinski definition) is 2. The highest BCUT2D eigenvalue weighted by Gasteiger charge is 2.12. The Kier molecular flexibility index (Phi) is 2.27. The molecule has 1 N–H and O–H groups in total. The Morgan fingerprint density at radius 1 is 0.850 bits per heavy atom. The molecule has 0 unspecified atom stereocenters. The molecule has 0 radical (unpaired) electrons. The Bertz CT molecular complexity index is 979. The van der Waals surface area contributed by atoms with Crippen molar-refractivity contribution in [1.82, 2.24) is 4.98 Å². The first kappa shape index (κ1) is 11.1. The van der Waals surface area contributed by atoms with Crippen LogP contribution < -0.4 is 5.43 Å². The Labute approximate surface area is 114 Å². The van der Waals surface area contributed by atoms with Crippen LogP contribution in [-0.2, 0) is 0 Å². The van der Waals surface area contributed by atoms with Gasteiger partial charge in [0.15, 0.2) is 0 Å². The second-order valence-corrected chi connectivity index (χ2v) is 4.72. The predicted octanol–water partition coefficient (Wildman–Crippen LogP) is 3.94. The van der Waals surface area contributed by atoms with Gasteiger partial charge < -0.3 is 9.40 Å². The van der Waals surface area contributed by atoms with Crippen LogP contribution in [0.25, 0.3) is 33.0 Å². The molecule has 0 fully saturated rings. The van der Waals surface area contributed by atoms with E-state index in [9.17, 15) is 4.79 Å². The van der Waals surface area contributed by atoms with Gasteiger partial charge in [-0.1, -0.05) is 30.3 Å². The van der Waals surface area contributed by atoms with Gasteiger partial charge in [-0.3, -0.25) is 4.79 Å². The van der Waals surface area contributed by atoms with Crippen LogP contribution in [0.4, 0.5) is 0 Å². The summed E-state index contributed by atoms with van der Waals surface area (Å²) in [6.45, 7) is 0. The summed E-state index contributed by atoms with van der Waals surface area (Å²) in [4.78, 5) is 15.8. The Balaban J connectivity index is 2.08. The first-order valence-corrected chi connectivity index (χ1v) is 6.41. The number of nitrogens with one attached hydrogen (secondary N) is 1. The zero-order chi connectivity index (χ0) is 13.5. The van der Waals surface area contributed by atoms with Crippen molar-refractivity contribution in [1.29, 1.82) is 0 Å². The maximum Gasteiger partial charge on any atom is 0.200 e. The predicted molar refractivity (Wildman–Crippen MR) is 79.8 cm³/mol. The molecule has 3 nitrogen and oxygen atoms in total. The lowest BCUT2D eigenvalue weighted by molar-refractivity contribution is 0.604. The molecule has 96 valence electrons. The Hall–Kier alpha value is -2.81. The topological polar surface area (TPSA) is 46.0 Å². The molecule has 4 aromatic rings. The quantitative estimate of drug-likeness (QED) is 0.564. The lowest BCUT2D eigenvalue weighted by Gasteiger charge is -2.01. The summed E-state index contributed by atoms with van der Waals surface area (Å²) in [5.74, 6) is 0. The highest BCUT2D eigenvalue weighted by molar-refractivity contribution is 5.96. The summed E-state index contributed by atoms with van der Waals surface area (Å²) in [6.07, 6.45) is 3.39. The normalized spacial score (nSPS) is 11.2. The largest absolute Gasteiger partial charge is 0.463 e. The highest BCUT2D eigenvalue weighted by Crippen LogP contribution is 2.27. The maximum atomic E-state index is 12.6. The molecule has 2 heterocycles. The molecule has 0 saturated carbocycles. The number of hydrogen-bond donors (Lipinski definition) is 1. The van der Waals surface area contributed by atoms with Gasteiger partial charge in [-0.15, -0.1) is 0 Å². The van der Waals surface area contributed by atoms with Gasteiger partial charge in [-0.25, -0.2) is 0 Å². The zero-order valence-corrected chi connectivity index (χ0v) is 10.6. The van der Waals surface area contributed by atoms with Gasteiger partial charge in [-0.2, -0.15) is 0 Å². The molecule has 3 heteroatoms. The molecule has 0 amide bonds. The molecule has 4 rings (SSSR count). The summed E-state index contributed by atoms with van der Waals surface area (Å²) < 4.78 is 5.58. The van der Waals surface area contributed by atoms with Crippen molar-refractivity contribution in [3.05, 3.63) is 71.2 Å². The molecule has 0 bridgehead atoms. The first-order chi connectivity index (χ1) is 9.84. The fraction of sp³-hybridized carbons (Fsp3) is 0. The van der Waals surface area contributed by atoms with Crippen molar-refractivity contribution in [2.24, 2.45) is 0 Å². The van der Waals surface area contributed by atoms with E-state index < -0.39 is 0 Å². The van der Waals surface area contributed by atoms with Crippen molar-refractivity contribution in [2.75, 3.05) is 0 Å². The van der Waals surface area contributed by atoms with Crippen LogP contribution in [0, 0.1) is 0 Å². The number of aromatic amines is 1. The molecule has 0 spiro atoms. The second-order valence-electron chi connectivity index (χ2n) is 4.72. The van der Waals surface area contributed by atoms with Gasteiger partial charge in [0.05, 0.1) is 10.9 Å². The molecular formula is C17H11NO2. The first-order valence-electron chi connectivity index (χ1n) is 6.41. The molecule has 2 aromatic heterocycles.